The van der Waals surface area contributed by atoms with Crippen LogP contribution >= 0.6 is 0 Å². The third-order valence-corrected chi connectivity index (χ3v) is 3.73. The van der Waals surface area contributed by atoms with Gasteiger partial charge in [-0.05, 0) is 25.0 Å². The number of ether oxygens (including phenoxy) is 1. The molecule has 3 N–H and O–H groups in total. The molecule has 1 aliphatic rings. The van der Waals surface area contributed by atoms with Crippen LogP contribution in [0.4, 0.5) is 0 Å². The predicted molar refractivity (Wildman–Crippen MR) is 88.9 cm³/mol. The van der Waals surface area contributed by atoms with E-state index in [-0.39, 0.29) is 0 Å². The van der Waals surface area contributed by atoms with Crippen molar-refractivity contribution in [1.82, 2.24) is 15.2 Å². The number of nitrogens with two attached hydrogens (primary N) is 1. The summed E-state index contributed by atoms with van der Waals surface area (Å²) in [7, 11) is 1.74. The molecule has 1 heterocycles. The average Bonchev–Trinajstić information content (AvgIpc) is 3.36. The van der Waals surface area contributed by atoms with Crippen LogP contribution in [0.25, 0.3) is 0 Å². The molecule has 0 spiro atoms. The first-order chi connectivity index (χ1) is 10.8. The Hall–Kier alpha value is -1.66. The number of nitrogens with one attached hydrogen (secondary N) is 1. The maximum atomic E-state index is 5.89. The number of hydrogen-bond donors (Lipinski definition) is 2. The topological polar surface area (TPSA) is 75.8 Å². The Morgan fingerprint density at radius 2 is 2.32 bits per heavy atom. The lowest BCUT2D eigenvalue weighted by Crippen LogP contribution is -2.35. The average molecular weight is 305 g/mol. The SMILES string of the molecule is COCCN(CCN=C(N)NCCc1ccccn1)C1CC1. The fourth-order valence-electron chi connectivity index (χ4n) is 2.34. The zero-order valence-corrected chi connectivity index (χ0v) is 13.4. The van der Waals surface area contributed by atoms with Gasteiger partial charge in [-0.2, -0.15) is 0 Å². The van der Waals surface area contributed by atoms with Crippen LogP contribution in [0.15, 0.2) is 29.4 Å². The number of aliphatic imine (C=N–C) groups is 1. The Kier molecular flexibility index (Phi) is 7.12. The predicted octanol–water partition coefficient (Wildman–Crippen LogP) is 0.639. The van der Waals surface area contributed by atoms with E-state index in [9.17, 15) is 0 Å². The molecule has 0 unspecified atom stereocenters. The van der Waals surface area contributed by atoms with Crippen molar-refractivity contribution < 1.29 is 4.74 Å². The molecule has 1 aromatic heterocycles. The maximum Gasteiger partial charge on any atom is 0.188 e. The fraction of sp³-hybridized carbons (Fsp3) is 0.625. The largest absolute Gasteiger partial charge is 0.383 e. The molecule has 6 nitrogen and oxygen atoms in total. The first kappa shape index (κ1) is 16.7. The number of guanidine groups is 1. The lowest BCUT2D eigenvalue weighted by molar-refractivity contribution is 0.145. The van der Waals surface area contributed by atoms with Gasteiger partial charge in [0, 0.05) is 51.1 Å². The zero-order valence-electron chi connectivity index (χ0n) is 13.4. The lowest BCUT2D eigenvalue weighted by atomic mass is 10.3. The van der Waals surface area contributed by atoms with Gasteiger partial charge in [-0.1, -0.05) is 6.07 Å². The van der Waals surface area contributed by atoms with Crippen LogP contribution < -0.4 is 11.1 Å². The molecule has 1 aliphatic carbocycles. The van der Waals surface area contributed by atoms with Gasteiger partial charge in [0.25, 0.3) is 0 Å². The summed E-state index contributed by atoms with van der Waals surface area (Å²) < 4.78 is 5.15. The minimum atomic E-state index is 0.512. The minimum Gasteiger partial charge on any atom is -0.383 e. The van der Waals surface area contributed by atoms with Crippen molar-refractivity contribution in [2.75, 3.05) is 39.9 Å². The highest BCUT2D eigenvalue weighted by molar-refractivity contribution is 5.77. The summed E-state index contributed by atoms with van der Waals surface area (Å²) in [4.78, 5) is 11.1. The Morgan fingerprint density at radius 3 is 3.00 bits per heavy atom. The van der Waals surface area contributed by atoms with Gasteiger partial charge in [0.2, 0.25) is 0 Å². The third-order valence-electron chi connectivity index (χ3n) is 3.73. The molecule has 0 aliphatic heterocycles. The first-order valence-electron chi connectivity index (χ1n) is 7.96. The van der Waals surface area contributed by atoms with Crippen molar-refractivity contribution in [3.8, 4) is 0 Å². The van der Waals surface area contributed by atoms with E-state index >= 15 is 0 Å². The summed E-state index contributed by atoms with van der Waals surface area (Å²) in [5.74, 6) is 0.512. The summed E-state index contributed by atoms with van der Waals surface area (Å²) in [5.41, 5.74) is 6.95. The smallest absolute Gasteiger partial charge is 0.188 e. The molecule has 1 aromatic rings. The van der Waals surface area contributed by atoms with Crippen molar-refractivity contribution in [3.63, 3.8) is 0 Å². The third kappa shape index (κ3) is 6.41. The molecule has 0 saturated heterocycles. The van der Waals surface area contributed by atoms with Crippen LogP contribution in [0.3, 0.4) is 0 Å². The van der Waals surface area contributed by atoms with Gasteiger partial charge in [0.15, 0.2) is 5.96 Å². The number of nitrogens with zero attached hydrogens (tertiary/aromatic N) is 3. The van der Waals surface area contributed by atoms with Gasteiger partial charge in [-0.3, -0.25) is 14.9 Å². The normalized spacial score (nSPS) is 15.3. The van der Waals surface area contributed by atoms with E-state index in [1.807, 2.05) is 18.2 Å². The molecule has 1 fully saturated rings. The Labute approximate surface area is 132 Å². The van der Waals surface area contributed by atoms with E-state index in [1.54, 1.807) is 13.3 Å². The number of aromatic nitrogens is 1. The number of pyridine rings is 1. The van der Waals surface area contributed by atoms with E-state index in [0.29, 0.717) is 5.96 Å². The summed E-state index contributed by atoms with van der Waals surface area (Å²) in [6.45, 7) is 4.17. The molecule has 0 aromatic carbocycles. The monoisotopic (exact) mass is 305 g/mol. The molecule has 1 saturated carbocycles. The summed E-state index contributed by atoms with van der Waals surface area (Å²) in [5, 5.41) is 3.14. The number of hydrogen-bond acceptors (Lipinski definition) is 4. The van der Waals surface area contributed by atoms with Crippen LogP contribution in [0, 0.1) is 0 Å². The van der Waals surface area contributed by atoms with Crippen LogP contribution in [-0.2, 0) is 11.2 Å². The molecular weight excluding hydrogens is 278 g/mol. The molecule has 6 heteroatoms. The summed E-state index contributed by atoms with van der Waals surface area (Å²) >= 11 is 0. The van der Waals surface area contributed by atoms with Crippen LogP contribution in [0.2, 0.25) is 0 Å². The van der Waals surface area contributed by atoms with Gasteiger partial charge in [0.05, 0.1) is 13.2 Å². The van der Waals surface area contributed by atoms with Gasteiger partial charge >= 0.3 is 0 Å². The molecule has 0 atom stereocenters. The highest BCUT2D eigenvalue weighted by Crippen LogP contribution is 2.26. The molecule has 22 heavy (non-hydrogen) atoms. The lowest BCUT2D eigenvalue weighted by Gasteiger charge is -2.20. The summed E-state index contributed by atoms with van der Waals surface area (Å²) in [6, 6.07) is 6.65. The van der Waals surface area contributed by atoms with Crippen molar-refractivity contribution in [2.45, 2.75) is 25.3 Å². The van der Waals surface area contributed by atoms with E-state index in [4.69, 9.17) is 10.5 Å². The Balaban J connectivity index is 1.62. The van der Waals surface area contributed by atoms with Crippen molar-refractivity contribution in [2.24, 2.45) is 10.7 Å². The maximum absolute atomic E-state index is 5.89. The molecule has 0 bridgehead atoms. The Morgan fingerprint density at radius 1 is 1.45 bits per heavy atom. The number of methoxy groups -OCH3 is 1. The molecular formula is C16H27N5O. The first-order valence-corrected chi connectivity index (χ1v) is 7.96. The second-order valence-corrected chi connectivity index (χ2v) is 5.52. The molecule has 0 radical (unpaired) electrons. The van der Waals surface area contributed by atoms with Crippen molar-refractivity contribution in [3.05, 3.63) is 30.1 Å². The standard InChI is InChI=1S/C16H27N5O/c1-22-13-12-21(15-5-6-15)11-10-20-16(17)19-9-7-14-4-2-3-8-18-14/h2-4,8,15H,5-7,9-13H2,1H3,(H3,17,19,20). The van der Waals surface area contributed by atoms with Gasteiger partial charge in [-0.15, -0.1) is 0 Å². The summed E-state index contributed by atoms with van der Waals surface area (Å²) in [6.07, 6.45) is 5.24. The van der Waals surface area contributed by atoms with E-state index in [0.717, 1.165) is 50.9 Å². The van der Waals surface area contributed by atoms with Gasteiger partial charge < -0.3 is 15.8 Å². The zero-order chi connectivity index (χ0) is 15.6. The van der Waals surface area contributed by atoms with Crippen molar-refractivity contribution in [1.29, 1.82) is 0 Å². The van der Waals surface area contributed by atoms with Crippen LogP contribution in [0.5, 0.6) is 0 Å². The van der Waals surface area contributed by atoms with E-state index in [2.05, 4.69) is 20.2 Å². The van der Waals surface area contributed by atoms with Crippen LogP contribution in [0.1, 0.15) is 18.5 Å². The molecule has 0 amide bonds. The highest BCUT2D eigenvalue weighted by atomic mass is 16.5. The van der Waals surface area contributed by atoms with Gasteiger partial charge in [-0.25, -0.2) is 0 Å². The quantitative estimate of drug-likeness (QED) is 0.490. The van der Waals surface area contributed by atoms with Gasteiger partial charge in [0.1, 0.15) is 0 Å². The van der Waals surface area contributed by atoms with E-state index in [1.165, 1.54) is 12.8 Å². The van der Waals surface area contributed by atoms with E-state index < -0.39 is 0 Å². The molecule has 122 valence electrons. The highest BCUT2D eigenvalue weighted by Gasteiger charge is 2.27. The molecule has 2 rings (SSSR count). The van der Waals surface area contributed by atoms with Crippen molar-refractivity contribution >= 4 is 5.96 Å². The number of rotatable bonds is 10. The Bertz CT molecular complexity index is 447. The van der Waals surface area contributed by atoms with Crippen LogP contribution in [-0.4, -0.2) is 61.8 Å². The second-order valence-electron chi connectivity index (χ2n) is 5.52. The fourth-order valence-corrected chi connectivity index (χ4v) is 2.34. The minimum absolute atomic E-state index is 0.512. The second kappa shape index (κ2) is 9.38.